The molecule has 3 heteroatoms. The summed E-state index contributed by atoms with van der Waals surface area (Å²) < 4.78 is 5.06. The van der Waals surface area contributed by atoms with Gasteiger partial charge in [-0.1, -0.05) is 0 Å². The Kier molecular flexibility index (Phi) is 4.34. The van der Waals surface area contributed by atoms with E-state index < -0.39 is 0 Å². The second-order valence-electron chi connectivity index (χ2n) is 1.78. The first-order valence-electron chi connectivity index (χ1n) is 3.19. The van der Waals surface area contributed by atoms with E-state index >= 15 is 0 Å². The monoisotopic (exact) mass is 140 g/mol. The van der Waals surface area contributed by atoms with Crippen molar-refractivity contribution in [1.29, 1.82) is 5.26 Å². The van der Waals surface area contributed by atoms with E-state index in [-0.39, 0.29) is 6.54 Å². The van der Waals surface area contributed by atoms with E-state index in [1.807, 2.05) is 13.0 Å². The summed E-state index contributed by atoms with van der Waals surface area (Å²) in [7, 11) is 0. The van der Waals surface area contributed by atoms with Crippen LogP contribution in [0.4, 0.5) is 0 Å². The minimum Gasteiger partial charge on any atom is -0.497 e. The third-order valence-corrected chi connectivity index (χ3v) is 1.12. The number of nitrogens with zero attached hydrogens (tertiary/aromatic N) is 1. The van der Waals surface area contributed by atoms with Gasteiger partial charge in [0.25, 0.3) is 0 Å². The molecule has 0 fully saturated rings. The quantitative estimate of drug-likeness (QED) is 0.465. The van der Waals surface area contributed by atoms with Crippen molar-refractivity contribution in [3.8, 4) is 6.07 Å². The fourth-order valence-corrected chi connectivity index (χ4v) is 0.572. The van der Waals surface area contributed by atoms with E-state index in [2.05, 4.69) is 0 Å². The Hall–Kier alpha value is -1.01. The van der Waals surface area contributed by atoms with Crippen molar-refractivity contribution in [2.45, 2.75) is 13.8 Å². The Morgan fingerprint density at radius 1 is 1.70 bits per heavy atom. The molecule has 0 spiro atoms. The normalized spacial score (nSPS) is 11.8. The average molecular weight is 140 g/mol. The van der Waals surface area contributed by atoms with Crippen LogP contribution in [0.25, 0.3) is 0 Å². The fourth-order valence-electron chi connectivity index (χ4n) is 0.572. The van der Waals surface area contributed by atoms with Crippen LogP contribution < -0.4 is 5.73 Å². The van der Waals surface area contributed by atoms with E-state index in [9.17, 15) is 0 Å². The van der Waals surface area contributed by atoms with Crippen molar-refractivity contribution in [3.63, 3.8) is 0 Å². The SMILES string of the molecule is CCO/C(C)=C(/C#N)CN. The summed E-state index contributed by atoms with van der Waals surface area (Å²) in [5, 5.41) is 8.46. The van der Waals surface area contributed by atoms with Gasteiger partial charge in [-0.3, -0.25) is 0 Å². The molecular weight excluding hydrogens is 128 g/mol. The van der Waals surface area contributed by atoms with Crippen LogP contribution >= 0.6 is 0 Å². The third-order valence-electron chi connectivity index (χ3n) is 1.12. The number of hydrogen-bond donors (Lipinski definition) is 1. The highest BCUT2D eigenvalue weighted by Crippen LogP contribution is 2.01. The molecule has 0 aromatic rings. The summed E-state index contributed by atoms with van der Waals surface area (Å²) in [6, 6.07) is 1.97. The fraction of sp³-hybridized carbons (Fsp3) is 0.571. The Balaban J connectivity index is 4.16. The van der Waals surface area contributed by atoms with Gasteiger partial charge >= 0.3 is 0 Å². The van der Waals surface area contributed by atoms with Gasteiger partial charge in [0.15, 0.2) is 0 Å². The van der Waals surface area contributed by atoms with Gasteiger partial charge in [-0.15, -0.1) is 0 Å². The van der Waals surface area contributed by atoms with Crippen molar-refractivity contribution < 1.29 is 4.74 Å². The standard InChI is InChI=1S/C7H12N2O/c1-3-10-6(2)7(4-8)5-9/h3-4,8H2,1-2H3/b7-6+. The lowest BCUT2D eigenvalue weighted by atomic mass is 10.2. The van der Waals surface area contributed by atoms with E-state index in [1.54, 1.807) is 6.92 Å². The predicted molar refractivity (Wildman–Crippen MR) is 39.0 cm³/mol. The van der Waals surface area contributed by atoms with Crippen LogP contribution in [-0.2, 0) is 4.74 Å². The zero-order valence-corrected chi connectivity index (χ0v) is 6.35. The van der Waals surface area contributed by atoms with Gasteiger partial charge in [-0.05, 0) is 13.8 Å². The number of hydrogen-bond acceptors (Lipinski definition) is 3. The van der Waals surface area contributed by atoms with E-state index in [1.165, 1.54) is 0 Å². The summed E-state index contributed by atoms with van der Waals surface area (Å²) in [5.74, 6) is 0.632. The van der Waals surface area contributed by atoms with Crippen LogP contribution in [0.5, 0.6) is 0 Å². The second-order valence-corrected chi connectivity index (χ2v) is 1.78. The summed E-state index contributed by atoms with van der Waals surface area (Å²) >= 11 is 0. The minimum atomic E-state index is 0.252. The molecule has 0 amide bonds. The molecule has 0 saturated carbocycles. The van der Waals surface area contributed by atoms with E-state index in [0.717, 1.165) is 0 Å². The molecule has 0 aliphatic carbocycles. The second kappa shape index (κ2) is 4.83. The topological polar surface area (TPSA) is 59.0 Å². The number of allylic oxidation sites excluding steroid dienone is 1. The highest BCUT2D eigenvalue weighted by atomic mass is 16.5. The molecule has 0 unspecified atom stereocenters. The van der Waals surface area contributed by atoms with E-state index in [0.29, 0.717) is 17.9 Å². The minimum absolute atomic E-state index is 0.252. The Morgan fingerprint density at radius 3 is 2.60 bits per heavy atom. The molecule has 56 valence electrons. The molecular formula is C7H12N2O. The highest BCUT2D eigenvalue weighted by Gasteiger charge is 1.97. The van der Waals surface area contributed by atoms with Gasteiger partial charge in [0.2, 0.25) is 0 Å². The van der Waals surface area contributed by atoms with Crippen LogP contribution in [0.3, 0.4) is 0 Å². The first-order chi connectivity index (χ1) is 4.76. The zero-order chi connectivity index (χ0) is 7.98. The molecule has 0 rings (SSSR count). The number of nitriles is 1. The van der Waals surface area contributed by atoms with Crippen LogP contribution in [0.2, 0.25) is 0 Å². The average Bonchev–Trinajstić information content (AvgIpc) is 1.91. The summed E-state index contributed by atoms with van der Waals surface area (Å²) in [4.78, 5) is 0. The molecule has 0 aromatic carbocycles. The van der Waals surface area contributed by atoms with E-state index in [4.69, 9.17) is 15.7 Å². The first kappa shape index (κ1) is 8.99. The lowest BCUT2D eigenvalue weighted by molar-refractivity contribution is 0.228. The highest BCUT2D eigenvalue weighted by molar-refractivity contribution is 5.24. The van der Waals surface area contributed by atoms with Gasteiger partial charge in [-0.2, -0.15) is 5.26 Å². The molecule has 10 heavy (non-hydrogen) atoms. The lowest BCUT2D eigenvalue weighted by Crippen LogP contribution is -2.05. The third kappa shape index (κ3) is 2.51. The predicted octanol–water partition coefficient (Wildman–Crippen LogP) is 0.779. The van der Waals surface area contributed by atoms with Crippen molar-refractivity contribution in [3.05, 3.63) is 11.3 Å². The largest absolute Gasteiger partial charge is 0.497 e. The van der Waals surface area contributed by atoms with Crippen LogP contribution in [0.15, 0.2) is 11.3 Å². The van der Waals surface area contributed by atoms with Gasteiger partial charge < -0.3 is 10.5 Å². The van der Waals surface area contributed by atoms with Crippen molar-refractivity contribution in [1.82, 2.24) is 0 Å². The van der Waals surface area contributed by atoms with Gasteiger partial charge in [0.1, 0.15) is 5.76 Å². The van der Waals surface area contributed by atoms with Crippen LogP contribution in [-0.4, -0.2) is 13.2 Å². The maximum Gasteiger partial charge on any atom is 0.108 e. The maximum atomic E-state index is 8.46. The molecule has 2 N–H and O–H groups in total. The molecule has 0 saturated heterocycles. The number of ether oxygens (including phenoxy) is 1. The van der Waals surface area contributed by atoms with Crippen molar-refractivity contribution in [2.24, 2.45) is 5.73 Å². The Morgan fingerprint density at radius 2 is 2.30 bits per heavy atom. The Bertz CT molecular complexity index is 167. The molecule has 3 nitrogen and oxygen atoms in total. The molecule has 0 radical (unpaired) electrons. The molecule has 0 atom stereocenters. The first-order valence-corrected chi connectivity index (χ1v) is 3.19. The van der Waals surface area contributed by atoms with Gasteiger partial charge in [0, 0.05) is 6.54 Å². The molecule has 0 aliphatic rings. The van der Waals surface area contributed by atoms with Gasteiger partial charge in [0.05, 0.1) is 18.2 Å². The lowest BCUT2D eigenvalue weighted by Gasteiger charge is -2.03. The molecule has 0 heterocycles. The summed E-state index contributed by atoms with van der Waals surface area (Å²) in [5.41, 5.74) is 5.77. The van der Waals surface area contributed by atoms with Gasteiger partial charge in [-0.25, -0.2) is 0 Å². The van der Waals surface area contributed by atoms with Crippen molar-refractivity contribution in [2.75, 3.05) is 13.2 Å². The smallest absolute Gasteiger partial charge is 0.108 e. The number of rotatable bonds is 3. The summed E-state index contributed by atoms with van der Waals surface area (Å²) in [6.45, 7) is 4.45. The zero-order valence-electron chi connectivity index (χ0n) is 6.35. The van der Waals surface area contributed by atoms with Crippen LogP contribution in [0, 0.1) is 11.3 Å². The Labute approximate surface area is 61.1 Å². The van der Waals surface area contributed by atoms with Crippen molar-refractivity contribution >= 4 is 0 Å². The van der Waals surface area contributed by atoms with Crippen LogP contribution in [0.1, 0.15) is 13.8 Å². The molecule has 0 aliphatic heterocycles. The number of nitrogens with two attached hydrogens (primary N) is 1. The molecule has 0 bridgehead atoms. The summed E-state index contributed by atoms with van der Waals surface area (Å²) in [6.07, 6.45) is 0. The molecule has 0 aromatic heterocycles. The maximum absolute atomic E-state index is 8.46.